The van der Waals surface area contributed by atoms with Crippen LogP contribution < -0.4 is 4.90 Å². The third-order valence-electron chi connectivity index (χ3n) is 4.04. The van der Waals surface area contributed by atoms with E-state index in [1.54, 1.807) is 23.1 Å². The van der Waals surface area contributed by atoms with Gasteiger partial charge >= 0.3 is 6.18 Å². The lowest BCUT2D eigenvalue weighted by atomic mass is 10.1. The maximum absolute atomic E-state index is 13.3. The first kappa shape index (κ1) is 18.5. The Hall–Kier alpha value is -2.26. The topological polar surface area (TPSA) is 71.4 Å². The van der Waals surface area contributed by atoms with Crippen molar-refractivity contribution < 1.29 is 23.0 Å². The Morgan fingerprint density at radius 3 is 2.81 bits per heavy atom. The molecule has 0 spiro atoms. The van der Waals surface area contributed by atoms with Crippen molar-refractivity contribution in [3.05, 3.63) is 36.2 Å². The van der Waals surface area contributed by atoms with Crippen LogP contribution in [0.5, 0.6) is 0 Å². The maximum atomic E-state index is 13.3. The number of rotatable bonds is 5. The number of anilines is 1. The Balaban J connectivity index is 1.93. The fourth-order valence-electron chi connectivity index (χ4n) is 2.85. The zero-order valence-electron chi connectivity index (χ0n) is 14.0. The molecule has 2 aromatic rings. The molecule has 0 saturated carbocycles. The van der Waals surface area contributed by atoms with Crippen LogP contribution in [0.3, 0.4) is 0 Å². The summed E-state index contributed by atoms with van der Waals surface area (Å²) in [6.07, 6.45) is -1.69. The van der Waals surface area contributed by atoms with Crippen molar-refractivity contribution in [1.82, 2.24) is 15.0 Å². The number of piperidine rings is 1. The molecule has 0 unspecified atom stereocenters. The quantitative estimate of drug-likeness (QED) is 0.875. The zero-order valence-corrected chi connectivity index (χ0v) is 14.0. The SMILES string of the molecule is OCCO[C@@H]1CCCN(c2cc(C(F)(F)F)nc(-c3ccccn3)n2)C1. The molecular formula is C17H19F3N4O2. The van der Waals surface area contributed by atoms with E-state index in [0.717, 1.165) is 18.9 Å². The number of nitrogens with zero attached hydrogens (tertiary/aromatic N) is 4. The number of aromatic nitrogens is 3. The van der Waals surface area contributed by atoms with Crippen molar-refractivity contribution in [2.45, 2.75) is 25.1 Å². The molecular weight excluding hydrogens is 349 g/mol. The summed E-state index contributed by atoms with van der Waals surface area (Å²) in [5.41, 5.74) is -0.716. The minimum absolute atomic E-state index is 0.0613. The van der Waals surface area contributed by atoms with Crippen LogP contribution >= 0.6 is 0 Å². The summed E-state index contributed by atoms with van der Waals surface area (Å²) in [7, 11) is 0. The number of hydrogen-bond acceptors (Lipinski definition) is 6. The van der Waals surface area contributed by atoms with E-state index >= 15 is 0 Å². The first-order valence-corrected chi connectivity index (χ1v) is 8.32. The minimum Gasteiger partial charge on any atom is -0.394 e. The summed E-state index contributed by atoms with van der Waals surface area (Å²) in [5, 5.41) is 8.88. The molecule has 140 valence electrons. The lowest BCUT2D eigenvalue weighted by Gasteiger charge is -2.33. The van der Waals surface area contributed by atoms with Gasteiger partial charge < -0.3 is 14.7 Å². The molecule has 26 heavy (non-hydrogen) atoms. The first-order chi connectivity index (χ1) is 12.5. The number of hydrogen-bond donors (Lipinski definition) is 1. The van der Waals surface area contributed by atoms with Crippen molar-refractivity contribution in [3.63, 3.8) is 0 Å². The first-order valence-electron chi connectivity index (χ1n) is 8.32. The molecule has 1 aliphatic rings. The highest BCUT2D eigenvalue weighted by Crippen LogP contribution is 2.32. The molecule has 1 N–H and O–H groups in total. The molecule has 9 heteroatoms. The third kappa shape index (κ3) is 4.47. The molecule has 0 aromatic carbocycles. The Bertz CT molecular complexity index is 728. The standard InChI is InChI=1S/C17H19F3N4O2/c18-17(19,20)14-10-15(23-16(22-14)13-5-1-2-6-21-13)24-7-3-4-12(11-24)26-9-8-25/h1-2,5-6,10,12,25H,3-4,7-9,11H2/t12-/m1/s1. The van der Waals surface area contributed by atoms with Gasteiger partial charge in [-0.25, -0.2) is 9.97 Å². The van der Waals surface area contributed by atoms with E-state index in [-0.39, 0.29) is 36.7 Å². The number of alkyl halides is 3. The molecule has 0 bridgehead atoms. The smallest absolute Gasteiger partial charge is 0.394 e. The van der Waals surface area contributed by atoms with E-state index in [2.05, 4.69) is 15.0 Å². The molecule has 1 aliphatic heterocycles. The fourth-order valence-corrected chi connectivity index (χ4v) is 2.85. The van der Waals surface area contributed by atoms with Crippen LogP contribution in [0.15, 0.2) is 30.5 Å². The van der Waals surface area contributed by atoms with Crippen LogP contribution in [0.25, 0.3) is 11.5 Å². The van der Waals surface area contributed by atoms with E-state index in [1.807, 2.05) is 0 Å². The average molecular weight is 368 g/mol. The van der Waals surface area contributed by atoms with E-state index in [0.29, 0.717) is 13.1 Å². The molecule has 1 fully saturated rings. The predicted octanol–water partition coefficient (Wildman–Crippen LogP) is 2.54. The van der Waals surface area contributed by atoms with E-state index in [9.17, 15) is 13.2 Å². The molecule has 2 aromatic heterocycles. The average Bonchev–Trinajstić information content (AvgIpc) is 2.66. The van der Waals surface area contributed by atoms with E-state index in [4.69, 9.17) is 9.84 Å². The Morgan fingerprint density at radius 1 is 1.27 bits per heavy atom. The second kappa shape index (κ2) is 7.96. The normalized spacial score (nSPS) is 18.2. The summed E-state index contributed by atoms with van der Waals surface area (Å²) in [6, 6.07) is 5.88. The summed E-state index contributed by atoms with van der Waals surface area (Å²) in [6.45, 7) is 1.10. The van der Waals surface area contributed by atoms with Crippen molar-refractivity contribution in [3.8, 4) is 11.5 Å². The number of ether oxygens (including phenoxy) is 1. The Labute approximate surface area is 148 Å². The molecule has 3 heterocycles. The van der Waals surface area contributed by atoms with Gasteiger partial charge in [-0.1, -0.05) is 6.07 Å². The lowest BCUT2D eigenvalue weighted by molar-refractivity contribution is -0.141. The van der Waals surface area contributed by atoms with Crippen LogP contribution in [-0.2, 0) is 10.9 Å². The fraction of sp³-hybridized carbons (Fsp3) is 0.471. The number of aliphatic hydroxyl groups is 1. The van der Waals surface area contributed by atoms with Crippen molar-refractivity contribution in [2.75, 3.05) is 31.2 Å². The van der Waals surface area contributed by atoms with Gasteiger partial charge in [0.1, 0.15) is 11.5 Å². The molecule has 3 rings (SSSR count). The van der Waals surface area contributed by atoms with Crippen LogP contribution in [-0.4, -0.2) is 52.5 Å². The Kier molecular flexibility index (Phi) is 5.67. The summed E-state index contributed by atoms with van der Waals surface area (Å²) in [5.74, 6) is 0.138. The highest BCUT2D eigenvalue weighted by molar-refractivity contribution is 5.54. The number of halogens is 3. The second-order valence-electron chi connectivity index (χ2n) is 5.95. The summed E-state index contributed by atoms with van der Waals surface area (Å²) >= 11 is 0. The summed E-state index contributed by atoms with van der Waals surface area (Å²) < 4.78 is 45.4. The molecule has 0 radical (unpaired) electrons. The van der Waals surface area contributed by atoms with Gasteiger partial charge in [0.25, 0.3) is 0 Å². The van der Waals surface area contributed by atoms with Gasteiger partial charge in [-0.05, 0) is 25.0 Å². The van der Waals surface area contributed by atoms with Gasteiger partial charge in [-0.15, -0.1) is 0 Å². The van der Waals surface area contributed by atoms with E-state index < -0.39 is 11.9 Å². The minimum atomic E-state index is -4.58. The van der Waals surface area contributed by atoms with Crippen molar-refractivity contribution in [2.24, 2.45) is 0 Å². The van der Waals surface area contributed by atoms with Crippen molar-refractivity contribution >= 4 is 5.82 Å². The van der Waals surface area contributed by atoms with Gasteiger partial charge in [0, 0.05) is 25.4 Å². The zero-order chi connectivity index (χ0) is 18.6. The van der Waals surface area contributed by atoms with Crippen LogP contribution in [0.1, 0.15) is 18.5 Å². The van der Waals surface area contributed by atoms with E-state index in [1.165, 1.54) is 6.20 Å². The van der Waals surface area contributed by atoms with Crippen LogP contribution in [0, 0.1) is 0 Å². The molecule has 0 amide bonds. The largest absolute Gasteiger partial charge is 0.433 e. The van der Waals surface area contributed by atoms with Crippen LogP contribution in [0.4, 0.5) is 19.0 Å². The van der Waals surface area contributed by atoms with Gasteiger partial charge in [0.05, 0.1) is 19.3 Å². The molecule has 1 atom stereocenters. The third-order valence-corrected chi connectivity index (χ3v) is 4.04. The van der Waals surface area contributed by atoms with Crippen LogP contribution in [0.2, 0.25) is 0 Å². The highest BCUT2D eigenvalue weighted by Gasteiger charge is 2.35. The second-order valence-corrected chi connectivity index (χ2v) is 5.95. The van der Waals surface area contributed by atoms with Crippen molar-refractivity contribution in [1.29, 1.82) is 0 Å². The number of pyridine rings is 1. The lowest BCUT2D eigenvalue weighted by Crippen LogP contribution is -2.40. The molecule has 1 saturated heterocycles. The van der Waals surface area contributed by atoms with Gasteiger partial charge in [0.15, 0.2) is 11.5 Å². The van der Waals surface area contributed by atoms with Gasteiger partial charge in [-0.2, -0.15) is 13.2 Å². The predicted molar refractivity (Wildman–Crippen MR) is 88.5 cm³/mol. The molecule has 0 aliphatic carbocycles. The Morgan fingerprint density at radius 2 is 2.12 bits per heavy atom. The maximum Gasteiger partial charge on any atom is 0.433 e. The number of aliphatic hydroxyl groups excluding tert-OH is 1. The highest BCUT2D eigenvalue weighted by atomic mass is 19.4. The monoisotopic (exact) mass is 368 g/mol. The van der Waals surface area contributed by atoms with Gasteiger partial charge in [-0.3, -0.25) is 4.98 Å². The van der Waals surface area contributed by atoms with Gasteiger partial charge in [0.2, 0.25) is 0 Å². The summed E-state index contributed by atoms with van der Waals surface area (Å²) in [4.78, 5) is 13.8. The molecule has 6 nitrogen and oxygen atoms in total.